The third-order valence-electron chi connectivity index (χ3n) is 4.79. The van der Waals surface area contributed by atoms with Gasteiger partial charge in [-0.2, -0.15) is 0 Å². The van der Waals surface area contributed by atoms with Crippen LogP contribution in [0.25, 0.3) is 6.08 Å². The summed E-state index contributed by atoms with van der Waals surface area (Å²) in [5.41, 5.74) is 2.30. The second kappa shape index (κ2) is 8.02. The first-order valence-corrected chi connectivity index (χ1v) is 9.52. The van der Waals surface area contributed by atoms with E-state index in [1.165, 1.54) is 19.3 Å². The SMILES string of the molecule is COC(=O)C1=C(C)N([C@@H](C)c2ccccc2)C(=O)/C1=C\c1cc(Br)ccc1O. The summed E-state index contributed by atoms with van der Waals surface area (Å²) in [5, 5.41) is 10.2. The Morgan fingerprint density at radius 3 is 2.54 bits per heavy atom. The number of benzene rings is 2. The normalized spacial score (nSPS) is 16.6. The van der Waals surface area contributed by atoms with Crippen molar-refractivity contribution in [2.75, 3.05) is 7.11 Å². The predicted molar refractivity (Wildman–Crippen MR) is 110 cm³/mol. The van der Waals surface area contributed by atoms with Gasteiger partial charge < -0.3 is 14.7 Å². The fourth-order valence-electron chi connectivity index (χ4n) is 3.34. The number of carbonyl (C=O) groups is 2. The van der Waals surface area contributed by atoms with Crippen molar-refractivity contribution in [1.82, 2.24) is 4.90 Å². The highest BCUT2D eigenvalue weighted by Gasteiger charge is 2.39. The lowest BCUT2D eigenvalue weighted by Crippen LogP contribution is -2.28. The smallest absolute Gasteiger partial charge is 0.340 e. The molecule has 1 aliphatic heterocycles. The predicted octanol–water partition coefficient (Wildman–Crippen LogP) is 4.59. The van der Waals surface area contributed by atoms with Crippen LogP contribution in [-0.4, -0.2) is 29.0 Å². The minimum Gasteiger partial charge on any atom is -0.507 e. The van der Waals surface area contributed by atoms with Crippen molar-refractivity contribution in [2.24, 2.45) is 0 Å². The van der Waals surface area contributed by atoms with E-state index in [1.807, 2.05) is 37.3 Å². The highest BCUT2D eigenvalue weighted by atomic mass is 79.9. The molecule has 1 atom stereocenters. The first kappa shape index (κ1) is 19.9. The van der Waals surface area contributed by atoms with Gasteiger partial charge >= 0.3 is 5.97 Å². The number of halogens is 1. The standard InChI is InChI=1S/C22H20BrNO4/c1-13(15-7-5-4-6-8-15)24-14(2)20(22(27)28-3)18(21(24)26)12-16-11-17(23)9-10-19(16)25/h4-13,25H,1-3H3/b18-12-/t13-/m0/s1. The molecule has 0 bridgehead atoms. The number of allylic oxidation sites excluding steroid dienone is 1. The van der Waals surface area contributed by atoms with Gasteiger partial charge in [-0.25, -0.2) is 4.79 Å². The van der Waals surface area contributed by atoms with Gasteiger partial charge in [-0.3, -0.25) is 4.79 Å². The molecule has 0 unspecified atom stereocenters. The van der Waals surface area contributed by atoms with E-state index < -0.39 is 5.97 Å². The molecule has 0 aliphatic carbocycles. The highest BCUT2D eigenvalue weighted by Crippen LogP contribution is 2.38. The average molecular weight is 442 g/mol. The fraction of sp³-hybridized carbons (Fsp3) is 0.182. The van der Waals surface area contributed by atoms with Crippen LogP contribution in [0.1, 0.15) is 31.0 Å². The van der Waals surface area contributed by atoms with Crippen LogP contribution in [0.15, 0.2) is 69.8 Å². The van der Waals surface area contributed by atoms with Gasteiger partial charge in [0.1, 0.15) is 5.75 Å². The summed E-state index contributed by atoms with van der Waals surface area (Å²) in [6.45, 7) is 3.64. The molecule has 0 radical (unpaired) electrons. The summed E-state index contributed by atoms with van der Waals surface area (Å²) >= 11 is 3.36. The lowest BCUT2D eigenvalue weighted by molar-refractivity contribution is -0.136. The molecule has 3 rings (SSSR count). The van der Waals surface area contributed by atoms with Crippen LogP contribution < -0.4 is 0 Å². The molecule has 1 N–H and O–H groups in total. The number of aromatic hydroxyl groups is 1. The van der Waals surface area contributed by atoms with Gasteiger partial charge in [-0.05, 0) is 43.7 Å². The molecule has 28 heavy (non-hydrogen) atoms. The number of carbonyl (C=O) groups excluding carboxylic acids is 2. The zero-order chi connectivity index (χ0) is 20.4. The number of hydrogen-bond donors (Lipinski definition) is 1. The molecule has 1 aliphatic rings. The van der Waals surface area contributed by atoms with E-state index in [-0.39, 0.29) is 28.8 Å². The van der Waals surface area contributed by atoms with E-state index >= 15 is 0 Å². The van der Waals surface area contributed by atoms with E-state index in [1.54, 1.807) is 24.0 Å². The van der Waals surface area contributed by atoms with Crippen molar-refractivity contribution >= 4 is 33.9 Å². The molecule has 2 aromatic rings. The molecule has 2 aromatic carbocycles. The van der Waals surface area contributed by atoms with Gasteiger partial charge in [0.15, 0.2) is 0 Å². The first-order chi connectivity index (χ1) is 13.3. The zero-order valence-electron chi connectivity index (χ0n) is 15.8. The number of hydrogen-bond acceptors (Lipinski definition) is 4. The Bertz CT molecular complexity index is 995. The molecule has 6 heteroatoms. The summed E-state index contributed by atoms with van der Waals surface area (Å²) < 4.78 is 5.67. The lowest BCUT2D eigenvalue weighted by atomic mass is 10.0. The van der Waals surface area contributed by atoms with E-state index in [0.29, 0.717) is 11.3 Å². The van der Waals surface area contributed by atoms with Crippen LogP contribution in [0, 0.1) is 0 Å². The third kappa shape index (κ3) is 3.60. The largest absolute Gasteiger partial charge is 0.507 e. The Balaban J connectivity index is 2.13. The first-order valence-electron chi connectivity index (χ1n) is 8.73. The second-order valence-corrected chi connectivity index (χ2v) is 7.39. The summed E-state index contributed by atoms with van der Waals surface area (Å²) in [4.78, 5) is 27.3. The number of phenols is 1. The van der Waals surface area contributed by atoms with Crippen molar-refractivity contribution in [3.8, 4) is 5.75 Å². The maximum absolute atomic E-state index is 13.3. The maximum Gasteiger partial charge on any atom is 0.340 e. The third-order valence-corrected chi connectivity index (χ3v) is 5.28. The molecule has 0 spiro atoms. The number of methoxy groups -OCH3 is 1. The Labute approximate surface area is 172 Å². The number of phenolic OH excluding ortho intramolecular Hbond substituents is 1. The van der Waals surface area contributed by atoms with E-state index in [4.69, 9.17) is 4.74 Å². The lowest BCUT2D eigenvalue weighted by Gasteiger charge is -2.26. The monoisotopic (exact) mass is 441 g/mol. The average Bonchev–Trinajstić information content (AvgIpc) is 2.94. The highest BCUT2D eigenvalue weighted by molar-refractivity contribution is 9.10. The molecule has 1 heterocycles. The van der Waals surface area contributed by atoms with Crippen molar-refractivity contribution in [2.45, 2.75) is 19.9 Å². The summed E-state index contributed by atoms with van der Waals surface area (Å²) in [7, 11) is 1.28. The molecule has 1 amide bonds. The van der Waals surface area contributed by atoms with E-state index in [2.05, 4.69) is 15.9 Å². The minimum atomic E-state index is -0.589. The van der Waals surface area contributed by atoms with Crippen molar-refractivity contribution in [3.63, 3.8) is 0 Å². The molecule has 0 saturated heterocycles. The number of rotatable bonds is 4. The number of esters is 1. The molecular formula is C22H20BrNO4. The topological polar surface area (TPSA) is 66.8 Å². The van der Waals surface area contributed by atoms with Gasteiger partial charge in [0.05, 0.1) is 24.3 Å². The van der Waals surface area contributed by atoms with Crippen molar-refractivity contribution in [1.29, 1.82) is 0 Å². The van der Waals surface area contributed by atoms with Gasteiger partial charge in [0.25, 0.3) is 5.91 Å². The Hall–Kier alpha value is -2.86. The molecule has 0 aromatic heterocycles. The molecule has 144 valence electrons. The summed E-state index contributed by atoms with van der Waals surface area (Å²) in [5.74, 6) is -0.886. The van der Waals surface area contributed by atoms with Crippen molar-refractivity contribution in [3.05, 3.63) is 81.0 Å². The van der Waals surface area contributed by atoms with Crippen LogP contribution in [0.3, 0.4) is 0 Å². The van der Waals surface area contributed by atoms with Crippen LogP contribution in [-0.2, 0) is 14.3 Å². The molecule has 0 fully saturated rings. The van der Waals surface area contributed by atoms with Crippen LogP contribution in [0.4, 0.5) is 0 Å². The van der Waals surface area contributed by atoms with Crippen LogP contribution in [0.2, 0.25) is 0 Å². The van der Waals surface area contributed by atoms with E-state index in [9.17, 15) is 14.7 Å². The number of nitrogens with zero attached hydrogens (tertiary/aromatic N) is 1. The van der Waals surface area contributed by atoms with Gasteiger partial charge in [0, 0.05) is 15.7 Å². The molecule has 5 nitrogen and oxygen atoms in total. The molecular weight excluding hydrogens is 422 g/mol. The summed E-state index contributed by atoms with van der Waals surface area (Å²) in [6, 6.07) is 14.2. The zero-order valence-corrected chi connectivity index (χ0v) is 17.4. The number of ether oxygens (including phenoxy) is 1. The van der Waals surface area contributed by atoms with Crippen LogP contribution >= 0.6 is 15.9 Å². The Kier molecular flexibility index (Phi) is 5.70. The maximum atomic E-state index is 13.3. The van der Waals surface area contributed by atoms with E-state index in [0.717, 1.165) is 10.0 Å². The fourth-order valence-corrected chi connectivity index (χ4v) is 3.72. The number of amides is 1. The van der Waals surface area contributed by atoms with Crippen molar-refractivity contribution < 1.29 is 19.4 Å². The van der Waals surface area contributed by atoms with Gasteiger partial charge in [-0.15, -0.1) is 0 Å². The van der Waals surface area contributed by atoms with Crippen LogP contribution in [0.5, 0.6) is 5.75 Å². The Morgan fingerprint density at radius 2 is 1.89 bits per heavy atom. The minimum absolute atomic E-state index is 0.0138. The van der Waals surface area contributed by atoms with Gasteiger partial charge in [0.2, 0.25) is 0 Å². The quantitative estimate of drug-likeness (QED) is 0.556. The molecule has 0 saturated carbocycles. The van der Waals surface area contributed by atoms with Gasteiger partial charge in [-0.1, -0.05) is 46.3 Å². The Morgan fingerprint density at radius 1 is 1.21 bits per heavy atom. The summed E-state index contributed by atoms with van der Waals surface area (Å²) in [6.07, 6.45) is 1.52. The second-order valence-electron chi connectivity index (χ2n) is 6.47.